The van der Waals surface area contributed by atoms with Crippen molar-refractivity contribution in [1.29, 1.82) is 5.26 Å². The summed E-state index contributed by atoms with van der Waals surface area (Å²) in [5, 5.41) is 10.0. The van der Waals surface area contributed by atoms with Gasteiger partial charge in [-0.2, -0.15) is 5.26 Å². The minimum Gasteiger partial charge on any atom is -0.306 e. The molecule has 5 aliphatic rings. The van der Waals surface area contributed by atoms with Gasteiger partial charge in [0.2, 0.25) is 0 Å². The predicted molar refractivity (Wildman–Crippen MR) is 75.4 cm³/mol. The van der Waals surface area contributed by atoms with E-state index in [2.05, 4.69) is 18.0 Å². The van der Waals surface area contributed by atoms with Crippen LogP contribution in [0, 0.1) is 39.9 Å². The van der Waals surface area contributed by atoms with E-state index in [0.717, 1.165) is 43.7 Å². The van der Waals surface area contributed by atoms with Crippen LogP contribution in [0.1, 0.15) is 51.4 Å². The van der Waals surface area contributed by atoms with Crippen molar-refractivity contribution in [3.63, 3.8) is 0 Å². The largest absolute Gasteiger partial charge is 0.306 e. The minimum absolute atomic E-state index is 0.0233. The van der Waals surface area contributed by atoms with Gasteiger partial charge in [0.05, 0.1) is 11.5 Å². The van der Waals surface area contributed by atoms with Crippen LogP contribution in [0.3, 0.4) is 0 Å². The molecule has 1 aliphatic heterocycles. The topological polar surface area (TPSA) is 27.0 Å². The van der Waals surface area contributed by atoms with E-state index in [0.29, 0.717) is 5.41 Å². The van der Waals surface area contributed by atoms with Crippen LogP contribution in [-0.4, -0.2) is 25.0 Å². The second kappa shape index (κ2) is 3.98. The lowest BCUT2D eigenvalue weighted by Gasteiger charge is -2.63. The fraction of sp³-hybridized carbons (Fsp3) is 0.941. The Morgan fingerprint density at radius 2 is 1.42 bits per heavy atom. The van der Waals surface area contributed by atoms with Crippen LogP contribution in [0.4, 0.5) is 0 Å². The number of nitriles is 1. The van der Waals surface area contributed by atoms with Crippen LogP contribution >= 0.6 is 0 Å². The second-order valence-electron chi connectivity index (χ2n) is 8.20. The first-order chi connectivity index (χ1) is 9.15. The molecule has 0 spiro atoms. The summed E-state index contributed by atoms with van der Waals surface area (Å²) in [7, 11) is 2.21. The van der Waals surface area contributed by atoms with Gasteiger partial charge in [0.25, 0.3) is 0 Å². The van der Waals surface area contributed by atoms with Crippen LogP contribution in [0.5, 0.6) is 0 Å². The van der Waals surface area contributed by atoms with Crippen LogP contribution < -0.4 is 0 Å². The van der Waals surface area contributed by atoms with E-state index in [1.54, 1.807) is 0 Å². The maximum absolute atomic E-state index is 10.0. The lowest BCUT2D eigenvalue weighted by molar-refractivity contribution is -0.126. The molecule has 0 unspecified atom stereocenters. The second-order valence-corrected chi connectivity index (χ2v) is 8.20. The van der Waals surface area contributed by atoms with Gasteiger partial charge >= 0.3 is 0 Å². The Kier molecular flexibility index (Phi) is 2.56. The molecule has 1 saturated heterocycles. The molecule has 5 rings (SSSR count). The number of hydrogen-bond acceptors (Lipinski definition) is 2. The maximum atomic E-state index is 10.0. The fourth-order valence-electron chi connectivity index (χ4n) is 6.46. The van der Waals surface area contributed by atoms with Crippen molar-refractivity contribution in [3.05, 3.63) is 0 Å². The molecule has 19 heavy (non-hydrogen) atoms. The standard InChI is InChI=1S/C17H26N2/c1-19-4-2-16(12-18,3-5-19)17-9-13-6-14(10-17)8-15(7-13)11-17/h13-15H,2-11H2,1H3. The predicted octanol–water partition coefficient (Wildman–Crippen LogP) is 3.44. The van der Waals surface area contributed by atoms with E-state index >= 15 is 0 Å². The van der Waals surface area contributed by atoms with Gasteiger partial charge in [-0.1, -0.05) is 0 Å². The fourth-order valence-corrected chi connectivity index (χ4v) is 6.46. The van der Waals surface area contributed by atoms with Crippen molar-refractivity contribution in [1.82, 2.24) is 4.90 Å². The molecule has 2 heteroatoms. The van der Waals surface area contributed by atoms with Gasteiger partial charge in [-0.3, -0.25) is 0 Å². The number of hydrogen-bond donors (Lipinski definition) is 0. The van der Waals surface area contributed by atoms with Gasteiger partial charge in [0, 0.05) is 0 Å². The molecular weight excluding hydrogens is 232 g/mol. The van der Waals surface area contributed by atoms with Gasteiger partial charge in [0.1, 0.15) is 0 Å². The normalized spacial score (nSPS) is 48.1. The van der Waals surface area contributed by atoms with E-state index < -0.39 is 0 Å². The Bertz CT molecular complexity index is 376. The number of likely N-dealkylation sites (tertiary alicyclic amines) is 1. The summed E-state index contributed by atoms with van der Waals surface area (Å²) in [5.74, 6) is 2.91. The summed E-state index contributed by atoms with van der Waals surface area (Å²) >= 11 is 0. The van der Waals surface area contributed by atoms with Gasteiger partial charge in [0.15, 0.2) is 0 Å². The molecule has 0 radical (unpaired) electrons. The molecule has 2 nitrogen and oxygen atoms in total. The van der Waals surface area contributed by atoms with Gasteiger partial charge in [-0.05, 0) is 94.7 Å². The van der Waals surface area contributed by atoms with Gasteiger partial charge < -0.3 is 4.90 Å². The summed E-state index contributed by atoms with van der Waals surface area (Å²) in [6.45, 7) is 2.27. The monoisotopic (exact) mass is 258 g/mol. The number of rotatable bonds is 1. The smallest absolute Gasteiger partial charge is 0.0696 e. The molecule has 0 amide bonds. The SMILES string of the molecule is CN1CCC(C#N)(C23CC4CC(CC(C4)C2)C3)CC1. The Morgan fingerprint density at radius 3 is 1.84 bits per heavy atom. The van der Waals surface area contributed by atoms with Crippen LogP contribution in [0.15, 0.2) is 0 Å². The molecule has 0 N–H and O–H groups in total. The van der Waals surface area contributed by atoms with E-state index in [-0.39, 0.29) is 5.41 Å². The zero-order valence-corrected chi connectivity index (χ0v) is 12.2. The Labute approximate surface area is 117 Å². The molecule has 1 heterocycles. The molecule has 4 bridgehead atoms. The molecule has 104 valence electrons. The summed E-state index contributed by atoms with van der Waals surface area (Å²) in [6, 6.07) is 2.87. The quantitative estimate of drug-likeness (QED) is 0.720. The van der Waals surface area contributed by atoms with Crippen LogP contribution in [0.2, 0.25) is 0 Å². The van der Waals surface area contributed by atoms with E-state index in [4.69, 9.17) is 0 Å². The molecular formula is C17H26N2. The average Bonchev–Trinajstić information content (AvgIpc) is 2.38. The molecule has 0 aromatic carbocycles. The lowest BCUT2D eigenvalue weighted by atomic mass is 9.41. The summed E-state index contributed by atoms with van der Waals surface area (Å²) in [4.78, 5) is 2.41. The van der Waals surface area contributed by atoms with Crippen molar-refractivity contribution in [3.8, 4) is 6.07 Å². The zero-order valence-electron chi connectivity index (χ0n) is 12.2. The highest BCUT2D eigenvalue weighted by molar-refractivity contribution is 5.17. The number of nitrogens with zero attached hydrogens (tertiary/aromatic N) is 2. The third kappa shape index (κ3) is 1.64. The maximum Gasteiger partial charge on any atom is 0.0696 e. The molecule has 5 fully saturated rings. The third-order valence-electron chi connectivity index (χ3n) is 7.11. The van der Waals surface area contributed by atoms with Crippen molar-refractivity contribution in [2.45, 2.75) is 51.4 Å². The first kappa shape index (κ1) is 12.2. The Balaban J connectivity index is 1.68. The molecule has 0 atom stereocenters. The van der Waals surface area contributed by atoms with Crippen LogP contribution in [-0.2, 0) is 0 Å². The Morgan fingerprint density at radius 1 is 0.947 bits per heavy atom. The zero-order chi connectivity index (χ0) is 13.1. The first-order valence-corrected chi connectivity index (χ1v) is 8.25. The van der Waals surface area contributed by atoms with E-state index in [1.165, 1.54) is 38.5 Å². The lowest BCUT2D eigenvalue weighted by Crippen LogP contribution is -2.57. The van der Waals surface area contributed by atoms with Gasteiger partial charge in [-0.15, -0.1) is 0 Å². The number of piperidine rings is 1. The van der Waals surface area contributed by atoms with Crippen LogP contribution in [0.25, 0.3) is 0 Å². The van der Waals surface area contributed by atoms with Gasteiger partial charge in [-0.25, -0.2) is 0 Å². The first-order valence-electron chi connectivity index (χ1n) is 8.25. The summed E-state index contributed by atoms with van der Waals surface area (Å²) in [6.07, 6.45) is 10.9. The highest BCUT2D eigenvalue weighted by atomic mass is 15.1. The minimum atomic E-state index is 0.0233. The van der Waals surface area contributed by atoms with Crippen molar-refractivity contribution in [2.75, 3.05) is 20.1 Å². The van der Waals surface area contributed by atoms with Crippen molar-refractivity contribution < 1.29 is 0 Å². The third-order valence-corrected chi connectivity index (χ3v) is 7.11. The highest BCUT2D eigenvalue weighted by Gasteiger charge is 2.60. The molecule has 0 aromatic heterocycles. The average molecular weight is 258 g/mol. The molecule has 0 aromatic rings. The van der Waals surface area contributed by atoms with Crippen molar-refractivity contribution in [2.24, 2.45) is 28.6 Å². The Hall–Kier alpha value is -0.550. The summed E-state index contributed by atoms with van der Waals surface area (Å²) < 4.78 is 0. The molecule has 4 aliphatic carbocycles. The highest BCUT2D eigenvalue weighted by Crippen LogP contribution is 2.67. The van der Waals surface area contributed by atoms with Crippen molar-refractivity contribution >= 4 is 0 Å². The van der Waals surface area contributed by atoms with E-state index in [9.17, 15) is 5.26 Å². The molecule has 4 saturated carbocycles. The van der Waals surface area contributed by atoms with E-state index in [1.807, 2.05) is 0 Å². The summed E-state index contributed by atoms with van der Waals surface area (Å²) in [5.41, 5.74) is 0.438.